The molecule has 2 aliphatic carbocycles. The lowest BCUT2D eigenvalue weighted by molar-refractivity contribution is 0.0650. The van der Waals surface area contributed by atoms with E-state index in [0.29, 0.717) is 29.7 Å². The first-order chi connectivity index (χ1) is 17.0. The smallest absolute Gasteiger partial charge is 0.0873 e. The maximum atomic E-state index is 5.30. The van der Waals surface area contributed by atoms with Crippen LogP contribution < -0.4 is 4.90 Å². The summed E-state index contributed by atoms with van der Waals surface area (Å²) in [5, 5.41) is 0. The fourth-order valence-corrected chi connectivity index (χ4v) is 8.23. The SMILES string of the molecule is CC(C)c1cccc(C(C)C)c1N1C(=C=NC2CCCCC2)[C@@]2(C[C@@H](C)CC[C@@H]2C(C)C)CC1(C)C. The van der Waals surface area contributed by atoms with Crippen LogP contribution in [-0.4, -0.2) is 17.5 Å². The van der Waals surface area contributed by atoms with Crippen LogP contribution in [0.25, 0.3) is 0 Å². The van der Waals surface area contributed by atoms with E-state index in [1.54, 1.807) is 0 Å². The van der Waals surface area contributed by atoms with Crippen molar-refractivity contribution in [2.24, 2.45) is 28.2 Å². The third kappa shape index (κ3) is 5.09. The molecule has 0 aromatic heterocycles. The zero-order chi connectivity index (χ0) is 26.3. The van der Waals surface area contributed by atoms with Crippen molar-refractivity contribution < 1.29 is 0 Å². The predicted molar refractivity (Wildman–Crippen MR) is 157 cm³/mol. The van der Waals surface area contributed by atoms with Gasteiger partial charge >= 0.3 is 0 Å². The number of allylic oxidation sites excluding steroid dienone is 1. The van der Waals surface area contributed by atoms with Crippen molar-refractivity contribution in [3.8, 4) is 0 Å². The Kier molecular flexibility index (Phi) is 8.16. The topological polar surface area (TPSA) is 15.6 Å². The van der Waals surface area contributed by atoms with Gasteiger partial charge in [-0.2, -0.15) is 0 Å². The van der Waals surface area contributed by atoms with Crippen molar-refractivity contribution in [1.82, 2.24) is 0 Å². The van der Waals surface area contributed by atoms with E-state index in [1.165, 1.54) is 80.3 Å². The summed E-state index contributed by atoms with van der Waals surface area (Å²) in [5.41, 5.74) is 6.04. The average molecular weight is 491 g/mol. The van der Waals surface area contributed by atoms with Crippen molar-refractivity contribution in [2.45, 2.75) is 144 Å². The highest BCUT2D eigenvalue weighted by molar-refractivity contribution is 5.77. The number of anilines is 1. The van der Waals surface area contributed by atoms with Gasteiger partial charge < -0.3 is 4.90 Å². The number of benzene rings is 1. The molecule has 1 aromatic rings. The van der Waals surface area contributed by atoms with E-state index < -0.39 is 0 Å². The molecule has 4 rings (SSSR count). The molecule has 0 N–H and O–H groups in total. The average Bonchev–Trinajstić information content (AvgIpc) is 3.02. The molecule has 0 amide bonds. The van der Waals surface area contributed by atoms with Crippen LogP contribution in [-0.2, 0) is 0 Å². The molecule has 0 bridgehead atoms. The van der Waals surface area contributed by atoms with Crippen LogP contribution in [0.3, 0.4) is 0 Å². The minimum absolute atomic E-state index is 0.0310. The van der Waals surface area contributed by atoms with Gasteiger partial charge in [0.2, 0.25) is 0 Å². The third-order valence-electron chi connectivity index (χ3n) is 9.74. The Balaban J connectivity index is 2.00. The highest BCUT2D eigenvalue weighted by Crippen LogP contribution is 2.63. The van der Waals surface area contributed by atoms with Crippen LogP contribution in [0.15, 0.2) is 28.9 Å². The molecule has 3 atom stereocenters. The summed E-state index contributed by atoms with van der Waals surface area (Å²) in [7, 11) is 0. The lowest BCUT2D eigenvalue weighted by Gasteiger charge is -2.46. The molecule has 1 heterocycles. The summed E-state index contributed by atoms with van der Waals surface area (Å²) in [4.78, 5) is 8.07. The maximum Gasteiger partial charge on any atom is 0.0873 e. The van der Waals surface area contributed by atoms with E-state index in [9.17, 15) is 0 Å². The van der Waals surface area contributed by atoms with Gasteiger partial charge in [-0.3, -0.25) is 0 Å². The quantitative estimate of drug-likeness (QED) is 0.375. The molecule has 1 saturated heterocycles. The first-order valence-corrected chi connectivity index (χ1v) is 15.2. The molecule has 200 valence electrons. The van der Waals surface area contributed by atoms with Gasteiger partial charge in [0.05, 0.1) is 11.7 Å². The number of nitrogens with zero attached hydrogens (tertiary/aromatic N) is 2. The van der Waals surface area contributed by atoms with Crippen LogP contribution >= 0.6 is 0 Å². The summed E-state index contributed by atoms with van der Waals surface area (Å²) in [6, 6.07) is 7.50. The summed E-state index contributed by atoms with van der Waals surface area (Å²) in [6.07, 6.45) is 11.7. The summed E-state index contributed by atoms with van der Waals surface area (Å²) >= 11 is 0. The van der Waals surface area contributed by atoms with E-state index in [2.05, 4.69) is 91.3 Å². The Bertz CT molecular complexity index is 945. The Morgan fingerprint density at radius 3 is 2.06 bits per heavy atom. The molecule has 2 heteroatoms. The molecule has 2 nitrogen and oxygen atoms in total. The number of rotatable bonds is 5. The summed E-state index contributed by atoms with van der Waals surface area (Å²) < 4.78 is 0. The molecule has 1 spiro atoms. The molecule has 1 aromatic carbocycles. The molecular formula is C34H54N2. The second-order valence-corrected chi connectivity index (χ2v) is 14.2. The second-order valence-electron chi connectivity index (χ2n) is 14.2. The maximum absolute atomic E-state index is 5.30. The standard InChI is InChI=1S/C34H54N2/c1-23(2)28-16-13-17-29(24(3)4)32(28)36-31(21-35-27-14-11-10-12-15-27)34(22-33(36,8)9)20-26(7)18-19-30(34)25(5)6/h13,16-17,23-27,30H,10-12,14-15,18-20,22H2,1-9H3/t26-,30+,34-/m0/s1. The van der Waals surface area contributed by atoms with Gasteiger partial charge in [-0.25, -0.2) is 4.99 Å². The number of para-hydroxylation sites is 1. The largest absolute Gasteiger partial charge is 0.331 e. The fourth-order valence-electron chi connectivity index (χ4n) is 8.23. The lowest BCUT2D eigenvalue weighted by atomic mass is 9.57. The Morgan fingerprint density at radius 2 is 1.50 bits per heavy atom. The van der Waals surface area contributed by atoms with Crippen molar-refractivity contribution in [3.63, 3.8) is 0 Å². The molecule has 1 aliphatic heterocycles. The summed E-state index contributed by atoms with van der Waals surface area (Å²) in [5.74, 6) is 7.00. The molecule has 0 unspecified atom stereocenters. The van der Waals surface area contributed by atoms with Gasteiger partial charge in [0.25, 0.3) is 0 Å². The molecule has 36 heavy (non-hydrogen) atoms. The highest BCUT2D eigenvalue weighted by atomic mass is 15.3. The number of aliphatic imine (C=N–C) groups is 1. The second kappa shape index (κ2) is 10.7. The van der Waals surface area contributed by atoms with Crippen LogP contribution in [0.5, 0.6) is 0 Å². The summed E-state index contributed by atoms with van der Waals surface area (Å²) in [6.45, 7) is 21.9. The van der Waals surface area contributed by atoms with Crippen molar-refractivity contribution in [1.29, 1.82) is 0 Å². The normalized spacial score (nSPS) is 29.0. The fraction of sp³-hybridized carbons (Fsp3) is 0.765. The molecule has 0 radical (unpaired) electrons. The van der Waals surface area contributed by atoms with Crippen LogP contribution in [0.2, 0.25) is 0 Å². The Morgan fingerprint density at radius 1 is 0.889 bits per heavy atom. The lowest BCUT2D eigenvalue weighted by Crippen LogP contribution is -2.41. The monoisotopic (exact) mass is 490 g/mol. The highest BCUT2D eigenvalue weighted by Gasteiger charge is 2.59. The number of hydrogen-bond acceptors (Lipinski definition) is 2. The first kappa shape index (κ1) is 27.5. The van der Waals surface area contributed by atoms with Crippen LogP contribution in [0, 0.1) is 23.2 Å². The van der Waals surface area contributed by atoms with Gasteiger partial charge in [0.1, 0.15) is 0 Å². The zero-order valence-electron chi connectivity index (χ0n) is 25.0. The molecule has 2 saturated carbocycles. The Labute approximate surface area is 223 Å². The van der Waals surface area contributed by atoms with Crippen molar-refractivity contribution in [3.05, 3.63) is 35.0 Å². The minimum Gasteiger partial charge on any atom is -0.331 e. The predicted octanol–water partition coefficient (Wildman–Crippen LogP) is 9.89. The molecule has 3 aliphatic rings. The van der Waals surface area contributed by atoms with Gasteiger partial charge in [0, 0.05) is 22.5 Å². The zero-order valence-corrected chi connectivity index (χ0v) is 25.0. The van der Waals surface area contributed by atoms with Gasteiger partial charge in [0.15, 0.2) is 0 Å². The van der Waals surface area contributed by atoms with E-state index in [-0.39, 0.29) is 11.0 Å². The van der Waals surface area contributed by atoms with E-state index in [1.807, 2.05) is 0 Å². The van der Waals surface area contributed by atoms with E-state index in [0.717, 1.165) is 5.92 Å². The molecule has 3 fully saturated rings. The van der Waals surface area contributed by atoms with Gasteiger partial charge in [-0.05, 0) is 86.7 Å². The van der Waals surface area contributed by atoms with E-state index >= 15 is 0 Å². The van der Waals surface area contributed by atoms with Crippen LogP contribution in [0.4, 0.5) is 5.69 Å². The van der Waals surface area contributed by atoms with Crippen LogP contribution in [0.1, 0.15) is 143 Å². The molecular weight excluding hydrogens is 436 g/mol. The Hall–Kier alpha value is -1.53. The minimum atomic E-state index is 0.0310. The first-order valence-electron chi connectivity index (χ1n) is 15.2. The van der Waals surface area contributed by atoms with Gasteiger partial charge in [-0.1, -0.05) is 92.3 Å². The van der Waals surface area contributed by atoms with Gasteiger partial charge in [-0.15, -0.1) is 0 Å². The number of hydrogen-bond donors (Lipinski definition) is 0. The van der Waals surface area contributed by atoms with E-state index in [4.69, 9.17) is 4.99 Å². The van der Waals surface area contributed by atoms with Crippen molar-refractivity contribution in [2.75, 3.05) is 4.90 Å². The van der Waals surface area contributed by atoms with Crippen molar-refractivity contribution >= 4 is 11.6 Å². The third-order valence-corrected chi connectivity index (χ3v) is 9.74.